The Morgan fingerprint density at radius 2 is 1.79 bits per heavy atom. The van der Waals surface area contributed by atoms with E-state index in [-0.39, 0.29) is 29.9 Å². The van der Waals surface area contributed by atoms with Crippen molar-refractivity contribution in [3.05, 3.63) is 35.4 Å². The van der Waals surface area contributed by atoms with Crippen LogP contribution in [0.2, 0.25) is 0 Å². The molecule has 0 aliphatic carbocycles. The second-order valence-corrected chi connectivity index (χ2v) is 5.08. The summed E-state index contributed by atoms with van der Waals surface area (Å²) in [5, 5.41) is 2.67. The van der Waals surface area contributed by atoms with Crippen LogP contribution in [-0.4, -0.2) is 18.0 Å². The van der Waals surface area contributed by atoms with E-state index in [0.29, 0.717) is 0 Å². The fourth-order valence-electron chi connectivity index (χ4n) is 1.73. The highest BCUT2D eigenvalue weighted by atomic mass is 19.1. The molecule has 1 aromatic rings. The van der Waals surface area contributed by atoms with E-state index in [1.165, 1.54) is 18.2 Å². The van der Waals surface area contributed by atoms with Crippen LogP contribution in [0.5, 0.6) is 0 Å². The van der Waals surface area contributed by atoms with Crippen molar-refractivity contribution >= 4 is 5.91 Å². The molecular formula is C14H20F2N2O. The van der Waals surface area contributed by atoms with Gasteiger partial charge in [0.15, 0.2) is 0 Å². The largest absolute Gasteiger partial charge is 0.352 e. The molecule has 0 fully saturated rings. The maximum Gasteiger partial charge on any atom is 0.237 e. The number of nitrogens with one attached hydrogen (secondary N) is 1. The van der Waals surface area contributed by atoms with E-state index in [9.17, 15) is 13.6 Å². The summed E-state index contributed by atoms with van der Waals surface area (Å²) >= 11 is 0. The van der Waals surface area contributed by atoms with Gasteiger partial charge in [-0.3, -0.25) is 4.79 Å². The Balaban J connectivity index is 2.66. The molecule has 2 unspecified atom stereocenters. The van der Waals surface area contributed by atoms with E-state index in [2.05, 4.69) is 5.32 Å². The average molecular weight is 270 g/mol. The zero-order chi connectivity index (χ0) is 14.6. The lowest BCUT2D eigenvalue weighted by Crippen LogP contribution is -2.47. The summed E-state index contributed by atoms with van der Waals surface area (Å²) in [6, 6.07) is 2.71. The Hall–Kier alpha value is -1.49. The second kappa shape index (κ2) is 6.61. The number of nitrogens with two attached hydrogens (primary N) is 1. The van der Waals surface area contributed by atoms with Crippen molar-refractivity contribution < 1.29 is 13.6 Å². The van der Waals surface area contributed by atoms with Crippen molar-refractivity contribution in [1.82, 2.24) is 5.32 Å². The fourth-order valence-corrected chi connectivity index (χ4v) is 1.73. The maximum atomic E-state index is 13.5. The molecule has 0 bridgehead atoms. The molecule has 3 nitrogen and oxygen atoms in total. The molecule has 1 rings (SSSR count). The van der Waals surface area contributed by atoms with Crippen LogP contribution >= 0.6 is 0 Å². The molecule has 0 spiro atoms. The van der Waals surface area contributed by atoms with Gasteiger partial charge in [0.1, 0.15) is 11.6 Å². The van der Waals surface area contributed by atoms with Crippen LogP contribution in [0.15, 0.2) is 18.2 Å². The lowest BCUT2D eigenvalue weighted by atomic mass is 10.0. The molecule has 0 aromatic heterocycles. The van der Waals surface area contributed by atoms with Crippen LogP contribution < -0.4 is 11.1 Å². The van der Waals surface area contributed by atoms with Crippen LogP contribution in [0.1, 0.15) is 26.3 Å². The van der Waals surface area contributed by atoms with Crippen molar-refractivity contribution in [3.8, 4) is 0 Å². The quantitative estimate of drug-likeness (QED) is 0.859. The normalized spacial score (nSPS) is 14.3. The van der Waals surface area contributed by atoms with E-state index in [4.69, 9.17) is 5.73 Å². The summed E-state index contributed by atoms with van der Waals surface area (Å²) in [5.74, 6) is -1.50. The minimum atomic E-state index is -0.618. The number of rotatable bonds is 5. The lowest BCUT2D eigenvalue weighted by molar-refractivity contribution is -0.123. The number of carbonyl (C=O) groups excluding carboxylic acids is 1. The minimum absolute atomic E-state index is 0.0115. The van der Waals surface area contributed by atoms with E-state index in [0.717, 1.165) is 0 Å². The Labute approximate surface area is 112 Å². The van der Waals surface area contributed by atoms with Gasteiger partial charge in [0.2, 0.25) is 5.91 Å². The molecule has 5 heteroatoms. The third-order valence-corrected chi connectivity index (χ3v) is 2.98. The monoisotopic (exact) mass is 270 g/mol. The highest BCUT2D eigenvalue weighted by Crippen LogP contribution is 2.14. The smallest absolute Gasteiger partial charge is 0.237 e. The molecule has 1 amide bonds. The van der Waals surface area contributed by atoms with Gasteiger partial charge in [0.05, 0.1) is 6.04 Å². The average Bonchev–Trinajstić information content (AvgIpc) is 2.32. The Bertz CT molecular complexity index is 429. The number of amides is 1. The predicted molar refractivity (Wildman–Crippen MR) is 70.5 cm³/mol. The van der Waals surface area contributed by atoms with Crippen molar-refractivity contribution in [2.45, 2.75) is 39.3 Å². The van der Waals surface area contributed by atoms with Crippen LogP contribution in [0.25, 0.3) is 0 Å². The van der Waals surface area contributed by atoms with Crippen LogP contribution in [0.4, 0.5) is 8.78 Å². The molecule has 3 N–H and O–H groups in total. The molecule has 0 heterocycles. The van der Waals surface area contributed by atoms with Crippen LogP contribution in [0, 0.1) is 17.6 Å². The highest BCUT2D eigenvalue weighted by molar-refractivity contribution is 5.82. The summed E-state index contributed by atoms with van der Waals surface area (Å²) in [5.41, 5.74) is 5.68. The molecule has 0 aliphatic rings. The first kappa shape index (κ1) is 15.6. The fraction of sp³-hybridized carbons (Fsp3) is 0.500. The molecular weight excluding hydrogens is 250 g/mol. The minimum Gasteiger partial charge on any atom is -0.352 e. The van der Waals surface area contributed by atoms with Gasteiger partial charge in [-0.1, -0.05) is 19.9 Å². The molecule has 1 aromatic carbocycles. The first-order valence-corrected chi connectivity index (χ1v) is 6.31. The van der Waals surface area contributed by atoms with E-state index < -0.39 is 17.7 Å². The van der Waals surface area contributed by atoms with E-state index in [1.807, 2.05) is 13.8 Å². The van der Waals surface area contributed by atoms with Crippen molar-refractivity contribution in [2.24, 2.45) is 11.7 Å². The van der Waals surface area contributed by atoms with Gasteiger partial charge in [-0.25, -0.2) is 8.78 Å². The molecule has 0 saturated heterocycles. The van der Waals surface area contributed by atoms with Gasteiger partial charge in [0.25, 0.3) is 0 Å². The number of hydrogen-bond donors (Lipinski definition) is 2. The van der Waals surface area contributed by atoms with Gasteiger partial charge < -0.3 is 11.1 Å². The SMILES string of the molecule is CC(Cc1c(F)cccc1F)NC(=O)C(N)C(C)C. The van der Waals surface area contributed by atoms with Crippen LogP contribution in [0.3, 0.4) is 0 Å². The zero-order valence-electron chi connectivity index (χ0n) is 11.4. The third kappa shape index (κ3) is 4.28. The van der Waals surface area contributed by atoms with Crippen molar-refractivity contribution in [3.63, 3.8) is 0 Å². The van der Waals surface area contributed by atoms with Gasteiger partial charge in [-0.15, -0.1) is 0 Å². The second-order valence-electron chi connectivity index (χ2n) is 5.08. The molecule has 106 valence electrons. The summed E-state index contributed by atoms with van der Waals surface area (Å²) in [7, 11) is 0. The Morgan fingerprint density at radius 1 is 1.26 bits per heavy atom. The Morgan fingerprint density at radius 3 is 2.26 bits per heavy atom. The summed E-state index contributed by atoms with van der Waals surface area (Å²) in [6.07, 6.45) is 0.0923. The predicted octanol–water partition coefficient (Wildman–Crippen LogP) is 2.00. The number of halogens is 2. The Kier molecular flexibility index (Phi) is 5.42. The van der Waals surface area contributed by atoms with Gasteiger partial charge in [-0.2, -0.15) is 0 Å². The van der Waals surface area contributed by atoms with Gasteiger partial charge in [-0.05, 0) is 31.4 Å². The standard InChI is InChI=1S/C14H20F2N2O/c1-8(2)13(17)14(19)18-9(3)7-10-11(15)5-4-6-12(10)16/h4-6,8-9,13H,7,17H2,1-3H3,(H,18,19). The van der Waals surface area contributed by atoms with Gasteiger partial charge >= 0.3 is 0 Å². The number of hydrogen-bond acceptors (Lipinski definition) is 2. The molecule has 0 saturated carbocycles. The van der Waals surface area contributed by atoms with E-state index >= 15 is 0 Å². The summed E-state index contributed by atoms with van der Waals surface area (Å²) in [6.45, 7) is 5.37. The third-order valence-electron chi connectivity index (χ3n) is 2.98. The van der Waals surface area contributed by atoms with Crippen LogP contribution in [-0.2, 0) is 11.2 Å². The molecule has 0 radical (unpaired) electrons. The highest BCUT2D eigenvalue weighted by Gasteiger charge is 2.20. The molecule has 19 heavy (non-hydrogen) atoms. The molecule has 0 aliphatic heterocycles. The first-order valence-electron chi connectivity index (χ1n) is 6.31. The van der Waals surface area contributed by atoms with Crippen molar-refractivity contribution in [1.29, 1.82) is 0 Å². The number of carbonyl (C=O) groups is 1. The molecule has 2 atom stereocenters. The topological polar surface area (TPSA) is 55.1 Å². The summed E-state index contributed by atoms with van der Waals surface area (Å²) in [4.78, 5) is 11.7. The van der Waals surface area contributed by atoms with Crippen molar-refractivity contribution in [2.75, 3.05) is 0 Å². The van der Waals surface area contributed by atoms with E-state index in [1.54, 1.807) is 6.92 Å². The maximum absolute atomic E-state index is 13.5. The first-order chi connectivity index (χ1) is 8.82. The summed E-state index contributed by atoms with van der Waals surface area (Å²) < 4.78 is 26.9. The number of benzene rings is 1. The lowest BCUT2D eigenvalue weighted by Gasteiger charge is -2.20. The van der Waals surface area contributed by atoms with Gasteiger partial charge in [0, 0.05) is 11.6 Å². The zero-order valence-corrected chi connectivity index (χ0v) is 11.4.